The van der Waals surface area contributed by atoms with Crippen LogP contribution >= 0.6 is 63.7 Å². The van der Waals surface area contributed by atoms with Crippen molar-refractivity contribution < 1.29 is 14.4 Å². The van der Waals surface area contributed by atoms with E-state index < -0.39 is 11.8 Å². The van der Waals surface area contributed by atoms with Gasteiger partial charge in [0, 0.05) is 17.9 Å². The van der Waals surface area contributed by atoms with E-state index in [1.165, 1.54) is 0 Å². The SMILES string of the molecule is O=CCN1C(=O)c2c(Br)c(Br)c(Br)c(Br)c2C1=O. The second kappa shape index (κ2) is 5.15. The zero-order valence-corrected chi connectivity index (χ0v) is 14.8. The third-order valence-electron chi connectivity index (χ3n) is 2.44. The van der Waals surface area contributed by atoms with Gasteiger partial charge in [-0.25, -0.2) is 0 Å². The van der Waals surface area contributed by atoms with Crippen molar-refractivity contribution in [1.29, 1.82) is 0 Å². The average molecular weight is 505 g/mol. The quantitative estimate of drug-likeness (QED) is 0.268. The molecule has 1 aliphatic heterocycles. The van der Waals surface area contributed by atoms with Gasteiger partial charge in [-0.3, -0.25) is 14.5 Å². The van der Waals surface area contributed by atoms with Crippen LogP contribution in [-0.4, -0.2) is 29.5 Å². The topological polar surface area (TPSA) is 54.5 Å². The van der Waals surface area contributed by atoms with Crippen LogP contribution in [0.4, 0.5) is 0 Å². The Balaban J connectivity index is 2.76. The number of benzene rings is 1. The summed E-state index contributed by atoms with van der Waals surface area (Å²) in [6.45, 7) is -0.250. The van der Waals surface area contributed by atoms with Crippen molar-refractivity contribution in [1.82, 2.24) is 4.90 Å². The highest BCUT2D eigenvalue weighted by Crippen LogP contribution is 2.45. The molecule has 8 heteroatoms. The number of rotatable bonds is 2. The van der Waals surface area contributed by atoms with Gasteiger partial charge in [0.1, 0.15) is 6.29 Å². The molecule has 2 rings (SSSR count). The standard InChI is InChI=1S/C10H3Br4NO3/c11-5-3-4(6(12)8(14)7(5)13)10(18)15(1-2-16)9(3)17/h2H,1H2. The van der Waals surface area contributed by atoms with Crippen LogP contribution in [-0.2, 0) is 4.79 Å². The summed E-state index contributed by atoms with van der Waals surface area (Å²) in [7, 11) is 0. The summed E-state index contributed by atoms with van der Waals surface area (Å²) in [6.07, 6.45) is 0.521. The lowest BCUT2D eigenvalue weighted by atomic mass is 10.1. The molecule has 2 amide bonds. The molecular formula is C10H3Br4NO3. The number of carbonyl (C=O) groups excluding carboxylic acids is 3. The Morgan fingerprint density at radius 3 is 1.56 bits per heavy atom. The number of hydrogen-bond donors (Lipinski definition) is 0. The first-order chi connectivity index (χ1) is 8.41. The van der Waals surface area contributed by atoms with Crippen molar-refractivity contribution in [2.24, 2.45) is 0 Å². The van der Waals surface area contributed by atoms with Crippen LogP contribution in [0.5, 0.6) is 0 Å². The zero-order valence-electron chi connectivity index (χ0n) is 8.47. The minimum atomic E-state index is -0.483. The lowest BCUT2D eigenvalue weighted by molar-refractivity contribution is -0.108. The van der Waals surface area contributed by atoms with E-state index in [0.29, 0.717) is 24.2 Å². The van der Waals surface area contributed by atoms with Crippen LogP contribution in [0.2, 0.25) is 0 Å². The molecule has 0 saturated carbocycles. The number of halogens is 4. The normalized spacial score (nSPS) is 14.1. The van der Waals surface area contributed by atoms with E-state index in [1.54, 1.807) is 0 Å². The molecule has 18 heavy (non-hydrogen) atoms. The summed E-state index contributed by atoms with van der Waals surface area (Å²) in [5, 5.41) is 0. The van der Waals surface area contributed by atoms with Gasteiger partial charge in [-0.2, -0.15) is 0 Å². The average Bonchev–Trinajstić information content (AvgIpc) is 2.59. The summed E-state index contributed by atoms with van der Waals surface area (Å²) >= 11 is 13.2. The highest BCUT2D eigenvalue weighted by atomic mass is 79.9. The molecule has 94 valence electrons. The van der Waals surface area contributed by atoms with Crippen molar-refractivity contribution in [2.45, 2.75) is 0 Å². The van der Waals surface area contributed by atoms with Gasteiger partial charge in [0.25, 0.3) is 11.8 Å². The molecular weight excluding hydrogens is 502 g/mol. The van der Waals surface area contributed by atoms with Crippen molar-refractivity contribution >= 4 is 81.8 Å². The number of hydrogen-bond acceptors (Lipinski definition) is 3. The third-order valence-corrected chi connectivity index (χ3v) is 7.21. The number of carbonyl (C=O) groups is 3. The first-order valence-electron chi connectivity index (χ1n) is 4.57. The molecule has 1 aromatic rings. The van der Waals surface area contributed by atoms with Gasteiger partial charge in [-0.15, -0.1) is 0 Å². The Hall–Kier alpha value is -0.0500. The van der Waals surface area contributed by atoms with Crippen LogP contribution in [0.25, 0.3) is 0 Å². The number of amides is 2. The van der Waals surface area contributed by atoms with Crippen LogP contribution in [0.15, 0.2) is 17.9 Å². The lowest BCUT2D eigenvalue weighted by Gasteiger charge is -2.08. The molecule has 0 aliphatic carbocycles. The molecule has 0 radical (unpaired) electrons. The summed E-state index contributed by atoms with van der Waals surface area (Å²) in [4.78, 5) is 35.6. The highest BCUT2D eigenvalue weighted by molar-refractivity contribution is 9.15. The maximum Gasteiger partial charge on any atom is 0.263 e. The van der Waals surface area contributed by atoms with Crippen LogP contribution in [0.3, 0.4) is 0 Å². The lowest BCUT2D eigenvalue weighted by Crippen LogP contribution is -2.31. The van der Waals surface area contributed by atoms with Crippen molar-refractivity contribution in [3.8, 4) is 0 Å². The molecule has 0 aromatic heterocycles. The van der Waals surface area contributed by atoms with Gasteiger partial charge in [0.15, 0.2) is 0 Å². The summed E-state index contributed by atoms with van der Waals surface area (Å²) in [5.41, 5.74) is 0.507. The Kier molecular flexibility index (Phi) is 4.10. The fourth-order valence-corrected chi connectivity index (χ4v) is 4.09. The fourth-order valence-electron chi connectivity index (χ4n) is 1.64. The number of nitrogens with zero attached hydrogens (tertiary/aromatic N) is 1. The zero-order chi connectivity index (χ0) is 13.6. The maximum atomic E-state index is 12.1. The van der Waals surface area contributed by atoms with Gasteiger partial charge in [0.2, 0.25) is 0 Å². The molecule has 0 unspecified atom stereocenters. The molecule has 0 saturated heterocycles. The predicted octanol–water partition coefficient (Wildman–Crippen LogP) is 3.53. The smallest absolute Gasteiger partial charge is 0.263 e. The van der Waals surface area contributed by atoms with Gasteiger partial charge >= 0.3 is 0 Å². The van der Waals surface area contributed by atoms with E-state index >= 15 is 0 Å². The Morgan fingerprint density at radius 1 is 0.833 bits per heavy atom. The second-order valence-corrected chi connectivity index (χ2v) is 6.57. The van der Waals surface area contributed by atoms with E-state index in [2.05, 4.69) is 63.7 Å². The van der Waals surface area contributed by atoms with Crippen molar-refractivity contribution in [2.75, 3.05) is 6.54 Å². The Bertz CT molecular complexity index is 553. The number of fused-ring (bicyclic) bond motifs is 1. The van der Waals surface area contributed by atoms with Crippen molar-refractivity contribution in [3.05, 3.63) is 29.0 Å². The minimum Gasteiger partial charge on any atom is -0.301 e. The maximum absolute atomic E-state index is 12.1. The van der Waals surface area contributed by atoms with Gasteiger partial charge in [-0.05, 0) is 63.7 Å². The minimum absolute atomic E-state index is 0.250. The van der Waals surface area contributed by atoms with E-state index in [-0.39, 0.29) is 17.7 Å². The monoisotopic (exact) mass is 501 g/mol. The summed E-state index contributed by atoms with van der Waals surface area (Å²) < 4.78 is 2.23. The van der Waals surface area contributed by atoms with Gasteiger partial charge in [-0.1, -0.05) is 0 Å². The van der Waals surface area contributed by atoms with Gasteiger partial charge < -0.3 is 4.79 Å². The van der Waals surface area contributed by atoms with E-state index in [1.807, 2.05) is 0 Å². The van der Waals surface area contributed by atoms with Crippen LogP contribution in [0, 0.1) is 0 Å². The third kappa shape index (κ3) is 1.93. The highest BCUT2D eigenvalue weighted by Gasteiger charge is 2.40. The Labute approximate surface area is 136 Å². The number of imide groups is 1. The van der Waals surface area contributed by atoms with Gasteiger partial charge in [0.05, 0.1) is 17.7 Å². The van der Waals surface area contributed by atoms with Crippen LogP contribution in [0.1, 0.15) is 20.7 Å². The van der Waals surface area contributed by atoms with Crippen molar-refractivity contribution in [3.63, 3.8) is 0 Å². The Morgan fingerprint density at radius 2 is 1.22 bits per heavy atom. The molecule has 1 heterocycles. The molecule has 4 nitrogen and oxygen atoms in total. The predicted molar refractivity (Wildman–Crippen MR) is 78.7 cm³/mol. The molecule has 0 bridgehead atoms. The van der Waals surface area contributed by atoms with E-state index in [0.717, 1.165) is 4.90 Å². The van der Waals surface area contributed by atoms with E-state index in [4.69, 9.17) is 0 Å². The van der Waals surface area contributed by atoms with Crippen LogP contribution < -0.4 is 0 Å². The fraction of sp³-hybridized carbons (Fsp3) is 0.100. The first-order valence-corrected chi connectivity index (χ1v) is 7.74. The molecule has 1 aliphatic rings. The number of aldehydes is 1. The molecule has 0 atom stereocenters. The molecule has 0 fully saturated rings. The second-order valence-electron chi connectivity index (χ2n) is 3.39. The van der Waals surface area contributed by atoms with E-state index in [9.17, 15) is 14.4 Å². The molecule has 0 N–H and O–H groups in total. The first kappa shape index (κ1) is 14.4. The summed E-state index contributed by atoms with van der Waals surface area (Å²) in [5.74, 6) is -0.967. The molecule has 0 spiro atoms. The largest absolute Gasteiger partial charge is 0.301 e. The molecule has 1 aromatic carbocycles. The summed E-state index contributed by atoms with van der Waals surface area (Å²) in [6, 6.07) is 0.